The van der Waals surface area contributed by atoms with E-state index >= 15 is 0 Å². The van der Waals surface area contributed by atoms with Crippen LogP contribution in [-0.4, -0.2) is 28.9 Å². The molecule has 0 saturated heterocycles. The summed E-state index contributed by atoms with van der Waals surface area (Å²) < 4.78 is 0. The van der Waals surface area contributed by atoms with Crippen molar-refractivity contribution in [2.75, 3.05) is 13.1 Å². The number of pyridine rings is 1. The molecule has 1 saturated carbocycles. The summed E-state index contributed by atoms with van der Waals surface area (Å²) in [4.78, 5) is 19.0. The molecule has 0 unspecified atom stereocenters. The van der Waals surface area contributed by atoms with Crippen molar-refractivity contribution in [2.45, 2.75) is 52.4 Å². The lowest BCUT2D eigenvalue weighted by Gasteiger charge is -2.32. The van der Waals surface area contributed by atoms with Gasteiger partial charge in [-0.15, -0.1) is 0 Å². The number of carbonyl (C=O) groups is 1. The molecule has 0 spiro atoms. The molecule has 116 valence electrons. The average molecular weight is 309 g/mol. The molecular formula is C17H25ClN2O. The number of halogens is 1. The largest absolute Gasteiger partial charge is 0.339 e. The zero-order chi connectivity index (χ0) is 15.6. The summed E-state index contributed by atoms with van der Waals surface area (Å²) in [7, 11) is 0. The first-order valence-electron chi connectivity index (χ1n) is 7.78. The summed E-state index contributed by atoms with van der Waals surface area (Å²) in [6.45, 7) is 9.86. The van der Waals surface area contributed by atoms with Gasteiger partial charge in [-0.3, -0.25) is 4.79 Å². The number of hydrogen-bond donors (Lipinski definition) is 0. The first-order chi connectivity index (χ1) is 9.81. The lowest BCUT2D eigenvalue weighted by molar-refractivity contribution is 0.0706. The molecule has 1 aromatic rings. The molecule has 0 bridgehead atoms. The Morgan fingerprint density at radius 2 is 2.05 bits per heavy atom. The minimum Gasteiger partial charge on any atom is -0.339 e. The van der Waals surface area contributed by atoms with Crippen molar-refractivity contribution in [3.8, 4) is 0 Å². The Labute approximate surface area is 132 Å². The smallest absolute Gasteiger partial charge is 0.254 e. The van der Waals surface area contributed by atoms with Gasteiger partial charge < -0.3 is 4.90 Å². The van der Waals surface area contributed by atoms with Crippen LogP contribution < -0.4 is 0 Å². The van der Waals surface area contributed by atoms with Crippen molar-refractivity contribution in [3.63, 3.8) is 0 Å². The molecule has 1 amide bonds. The summed E-state index contributed by atoms with van der Waals surface area (Å²) in [6, 6.07) is 3.57. The van der Waals surface area contributed by atoms with Gasteiger partial charge in [-0.1, -0.05) is 38.8 Å². The molecule has 1 aliphatic carbocycles. The Hall–Kier alpha value is -1.09. The van der Waals surface area contributed by atoms with Crippen LogP contribution in [0.2, 0.25) is 5.15 Å². The minimum atomic E-state index is -0.120. The molecule has 0 N–H and O–H groups in total. The molecule has 1 fully saturated rings. The maximum Gasteiger partial charge on any atom is 0.254 e. The molecule has 1 aromatic heterocycles. The Balaban J connectivity index is 2.22. The minimum absolute atomic E-state index is 0.0687. The monoisotopic (exact) mass is 308 g/mol. The number of hydrogen-bond acceptors (Lipinski definition) is 2. The molecule has 0 aliphatic heterocycles. The summed E-state index contributed by atoms with van der Waals surface area (Å²) in [5.74, 6) is 0.743. The molecule has 0 aromatic carbocycles. The van der Waals surface area contributed by atoms with Crippen molar-refractivity contribution in [3.05, 3.63) is 28.5 Å². The van der Waals surface area contributed by atoms with Gasteiger partial charge in [-0.25, -0.2) is 4.98 Å². The normalized spacial score (nSPS) is 15.7. The van der Waals surface area contributed by atoms with Crippen LogP contribution in [0.1, 0.15) is 63.0 Å². The maximum atomic E-state index is 12.7. The lowest BCUT2D eigenvalue weighted by atomic mass is 9.85. The predicted molar refractivity (Wildman–Crippen MR) is 86.9 cm³/mol. The summed E-state index contributed by atoms with van der Waals surface area (Å²) in [5.41, 5.74) is 1.39. The molecule has 21 heavy (non-hydrogen) atoms. The van der Waals surface area contributed by atoms with Crippen molar-refractivity contribution < 1.29 is 4.79 Å². The van der Waals surface area contributed by atoms with Crippen LogP contribution in [0.4, 0.5) is 0 Å². The van der Waals surface area contributed by atoms with E-state index in [1.807, 2.05) is 17.9 Å². The Bertz CT molecular complexity index is 518. The van der Waals surface area contributed by atoms with Crippen LogP contribution in [0, 0.1) is 5.92 Å². The van der Waals surface area contributed by atoms with Crippen LogP contribution in [0.5, 0.6) is 0 Å². The van der Waals surface area contributed by atoms with Gasteiger partial charge in [0, 0.05) is 29.8 Å². The molecule has 3 nitrogen and oxygen atoms in total. The summed E-state index contributed by atoms with van der Waals surface area (Å²) in [5, 5.41) is 0.394. The van der Waals surface area contributed by atoms with Crippen LogP contribution in [0.15, 0.2) is 12.1 Å². The fourth-order valence-corrected chi connectivity index (χ4v) is 2.74. The number of nitrogens with zero attached hydrogens (tertiary/aromatic N) is 2. The third kappa shape index (κ3) is 3.97. The van der Waals surface area contributed by atoms with E-state index in [1.54, 1.807) is 6.07 Å². The molecule has 0 radical (unpaired) electrons. The van der Waals surface area contributed by atoms with Gasteiger partial charge in [0.2, 0.25) is 0 Å². The van der Waals surface area contributed by atoms with Gasteiger partial charge in [0.05, 0.1) is 0 Å². The van der Waals surface area contributed by atoms with Gasteiger partial charge in [0.1, 0.15) is 5.15 Å². The van der Waals surface area contributed by atoms with E-state index in [0.29, 0.717) is 16.6 Å². The van der Waals surface area contributed by atoms with Gasteiger partial charge >= 0.3 is 0 Å². The van der Waals surface area contributed by atoms with Crippen LogP contribution in [0.25, 0.3) is 0 Å². The maximum absolute atomic E-state index is 12.7. The van der Waals surface area contributed by atoms with Gasteiger partial charge in [0.25, 0.3) is 5.91 Å². The second-order valence-corrected chi connectivity index (χ2v) is 7.34. The number of amides is 1. The van der Waals surface area contributed by atoms with Crippen molar-refractivity contribution >= 4 is 17.5 Å². The van der Waals surface area contributed by atoms with Crippen molar-refractivity contribution in [1.29, 1.82) is 0 Å². The van der Waals surface area contributed by atoms with Gasteiger partial charge in [0.15, 0.2) is 0 Å². The van der Waals surface area contributed by atoms with E-state index in [-0.39, 0.29) is 11.3 Å². The quantitative estimate of drug-likeness (QED) is 0.777. The number of rotatable bonds is 4. The van der Waals surface area contributed by atoms with Crippen LogP contribution in [-0.2, 0) is 5.41 Å². The second-order valence-electron chi connectivity index (χ2n) is 6.95. The van der Waals surface area contributed by atoms with E-state index < -0.39 is 0 Å². The highest BCUT2D eigenvalue weighted by Gasteiger charge is 2.25. The van der Waals surface area contributed by atoms with E-state index in [4.69, 9.17) is 11.6 Å². The molecule has 0 atom stereocenters. The summed E-state index contributed by atoms with van der Waals surface area (Å²) in [6.07, 6.45) is 3.79. The lowest BCUT2D eigenvalue weighted by Crippen LogP contribution is -2.37. The Morgan fingerprint density at radius 3 is 2.52 bits per heavy atom. The average Bonchev–Trinajstić information content (AvgIpc) is 2.35. The molecular weight excluding hydrogens is 284 g/mol. The number of aromatic nitrogens is 1. The third-order valence-electron chi connectivity index (χ3n) is 4.18. The highest BCUT2D eigenvalue weighted by Crippen LogP contribution is 2.28. The fourth-order valence-electron chi connectivity index (χ4n) is 2.53. The molecule has 4 heteroatoms. The highest BCUT2D eigenvalue weighted by atomic mass is 35.5. The zero-order valence-corrected chi connectivity index (χ0v) is 14.2. The van der Waals surface area contributed by atoms with Gasteiger partial charge in [-0.2, -0.15) is 0 Å². The first kappa shape index (κ1) is 16.3. The molecule has 1 aliphatic rings. The topological polar surface area (TPSA) is 33.2 Å². The third-order valence-corrected chi connectivity index (χ3v) is 4.38. The van der Waals surface area contributed by atoms with Crippen LogP contribution in [0.3, 0.4) is 0 Å². The second kappa shape index (κ2) is 6.35. The zero-order valence-electron chi connectivity index (χ0n) is 13.4. The van der Waals surface area contributed by atoms with E-state index in [2.05, 4.69) is 25.8 Å². The van der Waals surface area contributed by atoms with Crippen molar-refractivity contribution in [1.82, 2.24) is 9.88 Å². The SMILES string of the molecule is CCN(CC1CCC1)C(=O)c1cc(Cl)nc(C(C)(C)C)c1. The highest BCUT2D eigenvalue weighted by molar-refractivity contribution is 6.29. The van der Waals surface area contributed by atoms with E-state index in [0.717, 1.165) is 18.8 Å². The Kier molecular flexibility index (Phi) is 4.92. The van der Waals surface area contributed by atoms with Gasteiger partial charge in [-0.05, 0) is 37.8 Å². The van der Waals surface area contributed by atoms with E-state index in [1.165, 1.54) is 19.3 Å². The molecule has 2 rings (SSSR count). The standard InChI is InChI=1S/C17H25ClN2O/c1-5-20(11-12-7-6-8-12)16(21)13-9-14(17(2,3)4)19-15(18)10-13/h9-10,12H,5-8,11H2,1-4H3. The van der Waals surface area contributed by atoms with Crippen LogP contribution >= 0.6 is 11.6 Å². The number of carbonyl (C=O) groups excluding carboxylic acids is 1. The predicted octanol–water partition coefficient (Wildman–Crippen LogP) is 4.29. The summed E-state index contributed by atoms with van der Waals surface area (Å²) >= 11 is 6.11. The first-order valence-corrected chi connectivity index (χ1v) is 8.16. The fraction of sp³-hybridized carbons (Fsp3) is 0.647. The van der Waals surface area contributed by atoms with E-state index in [9.17, 15) is 4.79 Å². The molecule has 1 heterocycles. The van der Waals surface area contributed by atoms with Crippen molar-refractivity contribution in [2.24, 2.45) is 5.92 Å². The Morgan fingerprint density at radius 1 is 1.38 bits per heavy atom.